The summed E-state index contributed by atoms with van der Waals surface area (Å²) < 4.78 is 5.16. The average Bonchev–Trinajstić information content (AvgIpc) is 2.64. The SMILES string of the molecule is CCNC(=NCc1cccc(C(N)=O)c1)NCc1ccc(OC)cc1. The van der Waals surface area contributed by atoms with Crippen LogP contribution in [0.4, 0.5) is 0 Å². The highest BCUT2D eigenvalue weighted by Gasteiger charge is 2.02. The number of nitrogens with zero attached hydrogens (tertiary/aromatic N) is 1. The zero-order valence-electron chi connectivity index (χ0n) is 14.6. The Morgan fingerprint density at radius 2 is 1.88 bits per heavy atom. The Labute approximate surface area is 148 Å². The van der Waals surface area contributed by atoms with Crippen molar-refractivity contribution in [1.29, 1.82) is 0 Å². The lowest BCUT2D eigenvalue weighted by Gasteiger charge is -2.12. The number of hydrogen-bond acceptors (Lipinski definition) is 3. The lowest BCUT2D eigenvalue weighted by Crippen LogP contribution is -2.36. The van der Waals surface area contributed by atoms with Crippen molar-refractivity contribution in [3.63, 3.8) is 0 Å². The van der Waals surface area contributed by atoms with Crippen LogP contribution in [0.2, 0.25) is 0 Å². The van der Waals surface area contributed by atoms with E-state index in [-0.39, 0.29) is 0 Å². The summed E-state index contributed by atoms with van der Waals surface area (Å²) in [6.45, 7) is 3.88. The number of methoxy groups -OCH3 is 1. The van der Waals surface area contributed by atoms with Gasteiger partial charge in [0.05, 0.1) is 13.7 Å². The van der Waals surface area contributed by atoms with Crippen molar-refractivity contribution < 1.29 is 9.53 Å². The molecule has 0 aromatic heterocycles. The molecule has 0 aliphatic carbocycles. The molecule has 0 heterocycles. The number of aliphatic imine (C=N–C) groups is 1. The first-order chi connectivity index (χ1) is 12.1. The molecule has 0 atom stereocenters. The average molecular weight is 340 g/mol. The molecule has 0 fully saturated rings. The van der Waals surface area contributed by atoms with E-state index in [1.165, 1.54) is 0 Å². The summed E-state index contributed by atoms with van der Waals surface area (Å²) >= 11 is 0. The Bertz CT molecular complexity index is 726. The van der Waals surface area contributed by atoms with Gasteiger partial charge in [-0.25, -0.2) is 4.99 Å². The molecular weight excluding hydrogens is 316 g/mol. The van der Waals surface area contributed by atoms with Gasteiger partial charge in [0.15, 0.2) is 5.96 Å². The van der Waals surface area contributed by atoms with Gasteiger partial charge in [-0.15, -0.1) is 0 Å². The van der Waals surface area contributed by atoms with Gasteiger partial charge >= 0.3 is 0 Å². The van der Waals surface area contributed by atoms with Crippen molar-refractivity contribution in [3.8, 4) is 5.75 Å². The Morgan fingerprint density at radius 1 is 1.12 bits per heavy atom. The van der Waals surface area contributed by atoms with Crippen molar-refractivity contribution in [3.05, 3.63) is 65.2 Å². The third-order valence-corrected chi connectivity index (χ3v) is 3.59. The lowest BCUT2D eigenvalue weighted by molar-refractivity contribution is 0.1000. The molecule has 0 saturated carbocycles. The molecule has 6 heteroatoms. The maximum absolute atomic E-state index is 11.3. The lowest BCUT2D eigenvalue weighted by atomic mass is 10.1. The molecule has 4 N–H and O–H groups in total. The second-order valence-corrected chi connectivity index (χ2v) is 5.46. The van der Waals surface area contributed by atoms with Gasteiger partial charge in [-0.05, 0) is 42.3 Å². The van der Waals surface area contributed by atoms with Crippen LogP contribution in [0.15, 0.2) is 53.5 Å². The number of nitrogens with two attached hydrogens (primary N) is 1. The van der Waals surface area contributed by atoms with Crippen molar-refractivity contribution >= 4 is 11.9 Å². The van der Waals surface area contributed by atoms with E-state index in [4.69, 9.17) is 10.5 Å². The number of primary amides is 1. The molecule has 0 spiro atoms. The predicted molar refractivity (Wildman–Crippen MR) is 99.6 cm³/mol. The first kappa shape index (κ1) is 18.3. The molecule has 6 nitrogen and oxygen atoms in total. The van der Waals surface area contributed by atoms with Crippen LogP contribution in [0.1, 0.15) is 28.4 Å². The number of nitrogens with one attached hydrogen (secondary N) is 2. The summed E-state index contributed by atoms with van der Waals surface area (Å²) in [5, 5.41) is 6.49. The van der Waals surface area contributed by atoms with Crippen molar-refractivity contribution in [1.82, 2.24) is 10.6 Å². The van der Waals surface area contributed by atoms with Crippen LogP contribution in [0.3, 0.4) is 0 Å². The Balaban J connectivity index is 1.99. The minimum atomic E-state index is -0.435. The summed E-state index contributed by atoms with van der Waals surface area (Å²) in [5.74, 6) is 1.11. The molecule has 1 amide bonds. The fourth-order valence-corrected chi connectivity index (χ4v) is 2.26. The van der Waals surface area contributed by atoms with E-state index in [1.54, 1.807) is 19.2 Å². The summed E-state index contributed by atoms with van der Waals surface area (Å²) in [6.07, 6.45) is 0. The van der Waals surface area contributed by atoms with Gasteiger partial charge < -0.3 is 21.1 Å². The summed E-state index contributed by atoms with van der Waals surface area (Å²) in [6, 6.07) is 15.1. The zero-order chi connectivity index (χ0) is 18.1. The van der Waals surface area contributed by atoms with E-state index in [0.29, 0.717) is 24.6 Å². The number of hydrogen-bond donors (Lipinski definition) is 3. The number of carbonyl (C=O) groups is 1. The van der Waals surface area contributed by atoms with E-state index in [2.05, 4.69) is 15.6 Å². The van der Waals surface area contributed by atoms with Crippen LogP contribution in [0, 0.1) is 0 Å². The van der Waals surface area contributed by atoms with E-state index in [9.17, 15) is 4.79 Å². The van der Waals surface area contributed by atoms with Crippen molar-refractivity contribution in [2.24, 2.45) is 10.7 Å². The standard InChI is InChI=1S/C19H24N4O2/c1-3-21-19(22-12-14-7-9-17(25-2)10-8-14)23-13-15-5-4-6-16(11-15)18(20)24/h4-11H,3,12-13H2,1-2H3,(H2,20,24)(H2,21,22,23). The van der Waals surface area contributed by atoms with Crippen molar-refractivity contribution in [2.45, 2.75) is 20.0 Å². The molecule has 132 valence electrons. The van der Waals surface area contributed by atoms with E-state index < -0.39 is 5.91 Å². The second-order valence-electron chi connectivity index (χ2n) is 5.46. The molecule has 0 bridgehead atoms. The monoisotopic (exact) mass is 340 g/mol. The van der Waals surface area contributed by atoms with Gasteiger partial charge in [-0.3, -0.25) is 4.79 Å². The molecule has 0 unspecified atom stereocenters. The van der Waals surface area contributed by atoms with Crippen LogP contribution >= 0.6 is 0 Å². The maximum atomic E-state index is 11.3. The van der Waals surface area contributed by atoms with Crippen LogP contribution in [0.25, 0.3) is 0 Å². The number of ether oxygens (including phenoxy) is 1. The Kier molecular flexibility index (Phi) is 6.83. The highest BCUT2D eigenvalue weighted by atomic mass is 16.5. The van der Waals surface area contributed by atoms with Crippen LogP contribution in [-0.4, -0.2) is 25.5 Å². The highest BCUT2D eigenvalue weighted by molar-refractivity contribution is 5.92. The van der Waals surface area contributed by atoms with Crippen LogP contribution in [0.5, 0.6) is 5.75 Å². The maximum Gasteiger partial charge on any atom is 0.248 e. The minimum absolute atomic E-state index is 0.435. The normalized spacial score (nSPS) is 11.0. The Morgan fingerprint density at radius 3 is 2.52 bits per heavy atom. The third kappa shape index (κ3) is 5.84. The summed E-state index contributed by atoms with van der Waals surface area (Å²) in [4.78, 5) is 15.8. The van der Waals surface area contributed by atoms with E-state index >= 15 is 0 Å². The van der Waals surface area contributed by atoms with Crippen molar-refractivity contribution in [2.75, 3.05) is 13.7 Å². The first-order valence-electron chi connectivity index (χ1n) is 8.16. The van der Waals surface area contributed by atoms with Gasteiger partial charge in [-0.2, -0.15) is 0 Å². The zero-order valence-corrected chi connectivity index (χ0v) is 14.6. The molecule has 2 aromatic carbocycles. The molecular formula is C19H24N4O2. The molecule has 0 aliphatic heterocycles. The topological polar surface area (TPSA) is 88.7 Å². The fraction of sp³-hybridized carbons (Fsp3) is 0.263. The smallest absolute Gasteiger partial charge is 0.248 e. The van der Waals surface area contributed by atoms with Gasteiger partial charge in [0, 0.05) is 18.7 Å². The van der Waals surface area contributed by atoms with Crippen LogP contribution in [-0.2, 0) is 13.1 Å². The predicted octanol–water partition coefficient (Wildman–Crippen LogP) is 2.05. The van der Waals surface area contributed by atoms with E-state index in [1.807, 2.05) is 43.3 Å². The minimum Gasteiger partial charge on any atom is -0.497 e. The fourth-order valence-electron chi connectivity index (χ4n) is 2.26. The highest BCUT2D eigenvalue weighted by Crippen LogP contribution is 2.11. The molecule has 0 radical (unpaired) electrons. The van der Waals surface area contributed by atoms with Crippen LogP contribution < -0.4 is 21.1 Å². The van der Waals surface area contributed by atoms with Gasteiger partial charge in [0.1, 0.15) is 5.75 Å². The quantitative estimate of drug-likeness (QED) is 0.532. The van der Waals surface area contributed by atoms with Gasteiger partial charge in [-0.1, -0.05) is 24.3 Å². The Hall–Kier alpha value is -3.02. The number of guanidine groups is 1. The third-order valence-electron chi connectivity index (χ3n) is 3.59. The molecule has 2 aromatic rings. The first-order valence-corrected chi connectivity index (χ1v) is 8.16. The number of amides is 1. The molecule has 0 saturated heterocycles. The second kappa shape index (κ2) is 9.32. The van der Waals surface area contributed by atoms with Gasteiger partial charge in [0.25, 0.3) is 0 Å². The largest absolute Gasteiger partial charge is 0.497 e. The number of benzene rings is 2. The molecule has 2 rings (SSSR count). The molecule has 25 heavy (non-hydrogen) atoms. The summed E-state index contributed by atoms with van der Waals surface area (Å²) in [7, 11) is 1.65. The number of carbonyl (C=O) groups excluding carboxylic acids is 1. The number of rotatable bonds is 7. The molecule has 0 aliphatic rings. The van der Waals surface area contributed by atoms with Gasteiger partial charge in [0.2, 0.25) is 5.91 Å². The summed E-state index contributed by atoms with van der Waals surface area (Å²) in [5.41, 5.74) is 7.86. The van der Waals surface area contributed by atoms with E-state index in [0.717, 1.165) is 23.4 Å².